The number of methoxy groups -OCH3 is 1. The second kappa shape index (κ2) is 10.4. The third-order valence-corrected chi connectivity index (χ3v) is 7.00. The molecule has 0 saturated heterocycles. The van der Waals surface area contributed by atoms with Crippen molar-refractivity contribution in [3.8, 4) is 5.75 Å². The van der Waals surface area contributed by atoms with Crippen molar-refractivity contribution in [2.24, 2.45) is 0 Å². The second-order valence-electron chi connectivity index (χ2n) is 7.55. The van der Waals surface area contributed by atoms with E-state index in [-0.39, 0.29) is 10.5 Å². The monoisotopic (exact) mass is 482 g/mol. The molecule has 34 heavy (non-hydrogen) atoms. The van der Waals surface area contributed by atoms with Gasteiger partial charge in [0, 0.05) is 12.7 Å². The van der Waals surface area contributed by atoms with E-state index in [0.717, 1.165) is 9.87 Å². The lowest BCUT2D eigenvalue weighted by molar-refractivity contribution is -0.123. The SMILES string of the molecule is COc1ccc(N(C)S(=O)(=O)c2cccc(C(=O)O[C@@H](C)C(=O)Nc3ccccc3C)c2)cc1. The number of rotatable bonds is 8. The number of nitrogens with one attached hydrogen (secondary N) is 1. The Balaban J connectivity index is 1.73. The Kier molecular flexibility index (Phi) is 7.57. The highest BCUT2D eigenvalue weighted by molar-refractivity contribution is 7.92. The number of carbonyl (C=O) groups is 2. The van der Waals surface area contributed by atoms with E-state index in [1.807, 2.05) is 19.1 Å². The molecule has 8 nitrogen and oxygen atoms in total. The van der Waals surface area contributed by atoms with Gasteiger partial charge in [0.1, 0.15) is 5.75 Å². The number of aryl methyl sites for hydroxylation is 1. The predicted octanol–water partition coefficient (Wildman–Crippen LogP) is 4.01. The Labute approximate surface area is 199 Å². The van der Waals surface area contributed by atoms with Gasteiger partial charge >= 0.3 is 5.97 Å². The summed E-state index contributed by atoms with van der Waals surface area (Å²) in [6.45, 7) is 3.30. The number of hydrogen-bond acceptors (Lipinski definition) is 6. The van der Waals surface area contributed by atoms with Crippen LogP contribution in [0.4, 0.5) is 11.4 Å². The fraction of sp³-hybridized carbons (Fsp3) is 0.200. The van der Waals surface area contributed by atoms with Gasteiger partial charge in [0.2, 0.25) is 0 Å². The van der Waals surface area contributed by atoms with E-state index >= 15 is 0 Å². The second-order valence-corrected chi connectivity index (χ2v) is 9.52. The molecule has 3 aromatic rings. The quantitative estimate of drug-likeness (QED) is 0.487. The molecule has 0 unspecified atom stereocenters. The molecule has 1 N–H and O–H groups in total. The number of sulfonamides is 1. The van der Waals surface area contributed by atoms with Crippen molar-refractivity contribution in [2.45, 2.75) is 24.8 Å². The van der Waals surface area contributed by atoms with Crippen molar-refractivity contribution in [2.75, 3.05) is 23.8 Å². The minimum Gasteiger partial charge on any atom is -0.497 e. The van der Waals surface area contributed by atoms with Crippen molar-refractivity contribution in [3.05, 3.63) is 83.9 Å². The number of ether oxygens (including phenoxy) is 2. The molecule has 1 amide bonds. The van der Waals surface area contributed by atoms with E-state index in [1.165, 1.54) is 45.3 Å². The van der Waals surface area contributed by atoms with Gasteiger partial charge in [-0.05, 0) is 67.9 Å². The number of anilines is 2. The van der Waals surface area contributed by atoms with Gasteiger partial charge < -0.3 is 14.8 Å². The smallest absolute Gasteiger partial charge is 0.338 e. The first-order valence-electron chi connectivity index (χ1n) is 10.4. The lowest BCUT2D eigenvalue weighted by Crippen LogP contribution is -2.30. The molecule has 1 atom stereocenters. The summed E-state index contributed by atoms with van der Waals surface area (Å²) in [6.07, 6.45) is -1.09. The van der Waals surface area contributed by atoms with Gasteiger partial charge in [0.05, 0.1) is 23.3 Å². The number of para-hydroxylation sites is 1. The highest BCUT2D eigenvalue weighted by Gasteiger charge is 2.24. The predicted molar refractivity (Wildman–Crippen MR) is 130 cm³/mol. The van der Waals surface area contributed by atoms with E-state index in [2.05, 4.69) is 5.32 Å². The molecule has 9 heteroatoms. The van der Waals surface area contributed by atoms with Gasteiger partial charge in [-0.3, -0.25) is 9.10 Å². The first-order valence-corrected chi connectivity index (χ1v) is 11.9. The van der Waals surface area contributed by atoms with Crippen LogP contribution in [0, 0.1) is 6.92 Å². The van der Waals surface area contributed by atoms with Gasteiger partial charge in [-0.1, -0.05) is 24.3 Å². The molecule has 0 saturated carbocycles. The maximum absolute atomic E-state index is 13.1. The van der Waals surface area contributed by atoms with Crippen LogP contribution in [0.25, 0.3) is 0 Å². The number of nitrogens with zero attached hydrogens (tertiary/aromatic N) is 1. The Morgan fingerprint density at radius 2 is 1.65 bits per heavy atom. The minimum atomic E-state index is -3.95. The van der Waals surface area contributed by atoms with E-state index in [0.29, 0.717) is 17.1 Å². The molecule has 0 spiro atoms. The molecule has 0 aliphatic heterocycles. The standard InChI is InChI=1S/C25H26N2O6S/c1-17-8-5-6-11-23(17)26-24(28)18(2)33-25(29)19-9-7-10-22(16-19)34(30,31)27(3)20-12-14-21(32-4)15-13-20/h5-16,18H,1-4H3,(H,26,28)/t18-/m0/s1. The largest absolute Gasteiger partial charge is 0.497 e. The average molecular weight is 483 g/mol. The number of esters is 1. The molecule has 3 rings (SSSR count). The van der Waals surface area contributed by atoms with Crippen molar-refractivity contribution < 1.29 is 27.5 Å². The van der Waals surface area contributed by atoms with Gasteiger partial charge in [-0.2, -0.15) is 0 Å². The maximum Gasteiger partial charge on any atom is 0.338 e. The number of benzene rings is 3. The van der Waals surface area contributed by atoms with Gasteiger partial charge in [0.25, 0.3) is 15.9 Å². The lowest BCUT2D eigenvalue weighted by Gasteiger charge is -2.20. The normalized spacial score (nSPS) is 11.9. The third-order valence-electron chi connectivity index (χ3n) is 5.22. The number of hydrogen-bond donors (Lipinski definition) is 1. The zero-order valence-electron chi connectivity index (χ0n) is 19.3. The van der Waals surface area contributed by atoms with Crippen LogP contribution < -0.4 is 14.4 Å². The molecule has 0 bridgehead atoms. The first kappa shape index (κ1) is 24.8. The van der Waals surface area contributed by atoms with Crippen LogP contribution in [-0.2, 0) is 19.6 Å². The molecule has 0 fully saturated rings. The Hall–Kier alpha value is -3.85. The summed E-state index contributed by atoms with van der Waals surface area (Å²) >= 11 is 0. The Bertz CT molecular complexity index is 1290. The van der Waals surface area contributed by atoms with Crippen LogP contribution in [0.3, 0.4) is 0 Å². The summed E-state index contributed by atoms with van der Waals surface area (Å²) in [6, 6.07) is 19.3. The van der Waals surface area contributed by atoms with Crippen LogP contribution in [0.15, 0.2) is 77.7 Å². The summed E-state index contributed by atoms with van der Waals surface area (Å²) in [5.74, 6) is -0.706. The highest BCUT2D eigenvalue weighted by atomic mass is 32.2. The molecule has 0 aliphatic carbocycles. The molecule has 0 aliphatic rings. The minimum absolute atomic E-state index is 0.0137. The summed E-state index contributed by atoms with van der Waals surface area (Å²) in [5, 5.41) is 2.72. The molecule has 0 aromatic heterocycles. The Morgan fingerprint density at radius 3 is 2.29 bits per heavy atom. The van der Waals surface area contributed by atoms with Crippen LogP contribution in [0.1, 0.15) is 22.8 Å². The van der Waals surface area contributed by atoms with Crippen molar-refractivity contribution >= 4 is 33.3 Å². The fourth-order valence-electron chi connectivity index (χ4n) is 3.10. The van der Waals surface area contributed by atoms with Crippen molar-refractivity contribution in [3.63, 3.8) is 0 Å². The first-order chi connectivity index (χ1) is 16.1. The highest BCUT2D eigenvalue weighted by Crippen LogP contribution is 2.25. The molecule has 0 heterocycles. The van der Waals surface area contributed by atoms with E-state index in [1.54, 1.807) is 36.4 Å². The number of amides is 1. The van der Waals surface area contributed by atoms with Gasteiger partial charge in [-0.15, -0.1) is 0 Å². The molecular formula is C25H26N2O6S. The van der Waals surface area contributed by atoms with Crippen LogP contribution in [0.2, 0.25) is 0 Å². The molecular weight excluding hydrogens is 456 g/mol. The van der Waals surface area contributed by atoms with Crippen LogP contribution >= 0.6 is 0 Å². The lowest BCUT2D eigenvalue weighted by atomic mass is 10.2. The zero-order valence-corrected chi connectivity index (χ0v) is 20.1. The molecule has 3 aromatic carbocycles. The molecule has 0 radical (unpaired) electrons. The number of carbonyl (C=O) groups excluding carboxylic acids is 2. The van der Waals surface area contributed by atoms with E-state index in [4.69, 9.17) is 9.47 Å². The average Bonchev–Trinajstić information content (AvgIpc) is 2.85. The summed E-state index contributed by atoms with van der Waals surface area (Å²) < 4.78 is 37.7. The maximum atomic E-state index is 13.1. The summed E-state index contributed by atoms with van der Waals surface area (Å²) in [5.41, 5.74) is 1.92. The van der Waals surface area contributed by atoms with E-state index < -0.39 is 28.0 Å². The van der Waals surface area contributed by atoms with Crippen LogP contribution in [-0.4, -0.2) is 40.6 Å². The van der Waals surface area contributed by atoms with Gasteiger partial charge in [0.15, 0.2) is 6.10 Å². The van der Waals surface area contributed by atoms with Crippen LogP contribution in [0.5, 0.6) is 5.75 Å². The Morgan fingerprint density at radius 1 is 0.971 bits per heavy atom. The summed E-state index contributed by atoms with van der Waals surface area (Å²) in [7, 11) is -1.01. The van der Waals surface area contributed by atoms with Crippen molar-refractivity contribution in [1.82, 2.24) is 0 Å². The summed E-state index contributed by atoms with van der Waals surface area (Å²) in [4.78, 5) is 25.0. The molecule has 178 valence electrons. The fourth-order valence-corrected chi connectivity index (χ4v) is 4.34. The van der Waals surface area contributed by atoms with E-state index in [9.17, 15) is 18.0 Å². The topological polar surface area (TPSA) is 102 Å². The van der Waals surface area contributed by atoms with Gasteiger partial charge in [-0.25, -0.2) is 13.2 Å². The van der Waals surface area contributed by atoms with Crippen molar-refractivity contribution in [1.29, 1.82) is 0 Å². The third kappa shape index (κ3) is 5.55. The zero-order chi connectivity index (χ0) is 24.9.